The van der Waals surface area contributed by atoms with E-state index in [1.54, 1.807) is 18.2 Å². The van der Waals surface area contributed by atoms with Crippen LogP contribution in [0.15, 0.2) is 36.9 Å². The van der Waals surface area contributed by atoms with Crippen molar-refractivity contribution in [3.63, 3.8) is 0 Å². The van der Waals surface area contributed by atoms with E-state index in [0.717, 1.165) is 5.69 Å². The molecule has 1 saturated heterocycles. The Bertz CT molecular complexity index is 487. The number of rotatable bonds is 5. The van der Waals surface area contributed by atoms with Crippen molar-refractivity contribution in [2.45, 2.75) is 25.7 Å². The predicted octanol–water partition coefficient (Wildman–Crippen LogP) is 2.17. The molecule has 0 radical (unpaired) electrons. The number of benzene rings is 1. The number of anilines is 1. The second-order valence-electron chi connectivity index (χ2n) is 5.44. The molecule has 0 bridgehead atoms. The smallest absolute Gasteiger partial charge is 0.251 e. The minimum absolute atomic E-state index is 0.104. The molecule has 1 aliphatic rings. The third-order valence-corrected chi connectivity index (χ3v) is 3.19. The quantitative estimate of drug-likeness (QED) is 0.816. The molecule has 1 aromatic rings. The van der Waals surface area contributed by atoms with Crippen molar-refractivity contribution in [2.75, 3.05) is 25.1 Å². The van der Waals surface area contributed by atoms with Gasteiger partial charge in [0.2, 0.25) is 0 Å². The first-order valence-electron chi connectivity index (χ1n) is 7.04. The lowest BCUT2D eigenvalue weighted by molar-refractivity contribution is -0.247. The Morgan fingerprint density at radius 2 is 1.95 bits per heavy atom. The molecule has 2 rings (SSSR count). The standard InChI is InChI=1S/C16H22N2O3/c1-4-9-17-15(19)12-5-7-13(8-6-12)18-14-10-20-16(2,3)21-11-14/h4-8,14,18H,1,9-11H2,2-3H3,(H,17,19). The monoisotopic (exact) mass is 290 g/mol. The molecule has 5 nitrogen and oxygen atoms in total. The molecule has 21 heavy (non-hydrogen) atoms. The molecule has 1 heterocycles. The van der Waals surface area contributed by atoms with E-state index in [0.29, 0.717) is 25.3 Å². The lowest BCUT2D eigenvalue weighted by Gasteiger charge is -2.35. The van der Waals surface area contributed by atoms with Crippen LogP contribution in [0.2, 0.25) is 0 Å². The van der Waals surface area contributed by atoms with E-state index < -0.39 is 5.79 Å². The molecule has 5 heteroatoms. The molecule has 0 unspecified atom stereocenters. The summed E-state index contributed by atoms with van der Waals surface area (Å²) in [5.74, 6) is -0.613. The maximum Gasteiger partial charge on any atom is 0.251 e. The van der Waals surface area contributed by atoms with Crippen molar-refractivity contribution in [3.8, 4) is 0 Å². The molecule has 0 aromatic heterocycles. The Morgan fingerprint density at radius 3 is 2.52 bits per heavy atom. The summed E-state index contributed by atoms with van der Waals surface area (Å²) >= 11 is 0. The van der Waals surface area contributed by atoms with Crippen molar-refractivity contribution in [1.29, 1.82) is 0 Å². The minimum atomic E-state index is -0.509. The van der Waals surface area contributed by atoms with Crippen molar-refractivity contribution >= 4 is 11.6 Å². The van der Waals surface area contributed by atoms with Gasteiger partial charge in [0.15, 0.2) is 5.79 Å². The maximum absolute atomic E-state index is 11.8. The van der Waals surface area contributed by atoms with Gasteiger partial charge in [-0.25, -0.2) is 0 Å². The SMILES string of the molecule is C=CCNC(=O)c1ccc(NC2COC(C)(C)OC2)cc1. The van der Waals surface area contributed by atoms with Crippen molar-refractivity contribution in [2.24, 2.45) is 0 Å². The van der Waals surface area contributed by atoms with Gasteiger partial charge in [-0.3, -0.25) is 4.79 Å². The van der Waals surface area contributed by atoms with Crippen LogP contribution in [0, 0.1) is 0 Å². The van der Waals surface area contributed by atoms with Crippen molar-refractivity contribution in [1.82, 2.24) is 5.32 Å². The predicted molar refractivity (Wildman–Crippen MR) is 82.4 cm³/mol. The average Bonchev–Trinajstić information content (AvgIpc) is 2.48. The van der Waals surface area contributed by atoms with E-state index in [-0.39, 0.29) is 11.9 Å². The highest BCUT2D eigenvalue weighted by Gasteiger charge is 2.28. The molecule has 0 spiro atoms. The Kier molecular flexibility index (Phi) is 4.98. The van der Waals surface area contributed by atoms with Crippen LogP contribution >= 0.6 is 0 Å². The Morgan fingerprint density at radius 1 is 1.33 bits per heavy atom. The third-order valence-electron chi connectivity index (χ3n) is 3.19. The zero-order valence-electron chi connectivity index (χ0n) is 12.5. The van der Waals surface area contributed by atoms with Gasteiger partial charge in [-0.15, -0.1) is 6.58 Å². The highest BCUT2D eigenvalue weighted by molar-refractivity contribution is 5.94. The zero-order chi connectivity index (χ0) is 15.3. The number of amides is 1. The number of hydrogen-bond donors (Lipinski definition) is 2. The molecule has 0 saturated carbocycles. The fourth-order valence-electron chi connectivity index (χ4n) is 2.00. The molecule has 1 amide bonds. The van der Waals surface area contributed by atoms with Gasteiger partial charge < -0.3 is 20.1 Å². The summed E-state index contributed by atoms with van der Waals surface area (Å²) < 4.78 is 11.2. The van der Waals surface area contributed by atoms with Gasteiger partial charge in [0, 0.05) is 17.8 Å². The maximum atomic E-state index is 11.8. The zero-order valence-corrected chi connectivity index (χ0v) is 12.5. The average molecular weight is 290 g/mol. The van der Waals surface area contributed by atoms with Gasteiger partial charge in [-0.05, 0) is 38.1 Å². The van der Waals surface area contributed by atoms with Crippen molar-refractivity contribution < 1.29 is 14.3 Å². The van der Waals surface area contributed by atoms with Gasteiger partial charge in [0.05, 0.1) is 19.3 Å². The minimum Gasteiger partial charge on any atom is -0.378 e. The summed E-state index contributed by atoms with van der Waals surface area (Å²) in [5, 5.41) is 6.07. The number of carbonyl (C=O) groups is 1. The molecule has 0 aliphatic carbocycles. The van der Waals surface area contributed by atoms with E-state index in [1.807, 2.05) is 26.0 Å². The van der Waals surface area contributed by atoms with Crippen LogP contribution < -0.4 is 10.6 Å². The molecule has 1 aliphatic heterocycles. The summed E-state index contributed by atoms with van der Waals surface area (Å²) in [5.41, 5.74) is 1.56. The van der Waals surface area contributed by atoms with Gasteiger partial charge in [-0.1, -0.05) is 6.08 Å². The van der Waals surface area contributed by atoms with Crippen LogP contribution in [0.1, 0.15) is 24.2 Å². The summed E-state index contributed by atoms with van der Waals surface area (Å²) in [7, 11) is 0. The normalized spacial score (nSPS) is 18.0. The molecule has 2 N–H and O–H groups in total. The Labute approximate surface area is 125 Å². The topological polar surface area (TPSA) is 59.6 Å². The van der Waals surface area contributed by atoms with Gasteiger partial charge in [0.1, 0.15) is 0 Å². The number of ether oxygens (including phenoxy) is 2. The van der Waals surface area contributed by atoms with Gasteiger partial charge >= 0.3 is 0 Å². The number of nitrogens with one attached hydrogen (secondary N) is 2. The highest BCUT2D eigenvalue weighted by Crippen LogP contribution is 2.19. The first-order valence-corrected chi connectivity index (χ1v) is 7.04. The fourth-order valence-corrected chi connectivity index (χ4v) is 2.00. The Balaban J connectivity index is 1.88. The molecule has 1 aromatic carbocycles. The molecule has 114 valence electrons. The van der Waals surface area contributed by atoms with Gasteiger partial charge in [0.25, 0.3) is 5.91 Å². The Hall–Kier alpha value is -1.85. The number of carbonyl (C=O) groups excluding carboxylic acids is 1. The summed E-state index contributed by atoms with van der Waals surface area (Å²) in [6.45, 7) is 9.02. The first-order chi connectivity index (χ1) is 10.00. The van der Waals surface area contributed by atoms with E-state index in [4.69, 9.17) is 9.47 Å². The fraction of sp³-hybridized carbons (Fsp3) is 0.438. The second-order valence-corrected chi connectivity index (χ2v) is 5.44. The van der Waals surface area contributed by atoms with E-state index in [2.05, 4.69) is 17.2 Å². The van der Waals surface area contributed by atoms with Crippen LogP contribution in [0.3, 0.4) is 0 Å². The lowest BCUT2D eigenvalue weighted by Crippen LogP contribution is -2.45. The summed E-state index contributed by atoms with van der Waals surface area (Å²) in [6.07, 6.45) is 1.65. The summed E-state index contributed by atoms with van der Waals surface area (Å²) in [6, 6.07) is 7.44. The first kappa shape index (κ1) is 15.5. The summed E-state index contributed by atoms with van der Waals surface area (Å²) in [4.78, 5) is 11.8. The van der Waals surface area contributed by atoms with Crippen LogP contribution in [0.25, 0.3) is 0 Å². The van der Waals surface area contributed by atoms with E-state index >= 15 is 0 Å². The van der Waals surface area contributed by atoms with E-state index in [1.165, 1.54) is 0 Å². The molecular formula is C16H22N2O3. The second kappa shape index (κ2) is 6.74. The van der Waals surface area contributed by atoms with Gasteiger partial charge in [-0.2, -0.15) is 0 Å². The lowest BCUT2D eigenvalue weighted by atomic mass is 10.1. The third kappa shape index (κ3) is 4.58. The molecule has 0 atom stereocenters. The van der Waals surface area contributed by atoms with Crippen molar-refractivity contribution in [3.05, 3.63) is 42.5 Å². The van der Waals surface area contributed by atoms with Crippen LogP contribution in [-0.4, -0.2) is 37.5 Å². The van der Waals surface area contributed by atoms with E-state index in [9.17, 15) is 4.79 Å². The van der Waals surface area contributed by atoms with Crippen LogP contribution in [0.4, 0.5) is 5.69 Å². The molecule has 1 fully saturated rings. The van der Waals surface area contributed by atoms with Crippen LogP contribution in [-0.2, 0) is 9.47 Å². The molecular weight excluding hydrogens is 268 g/mol. The highest BCUT2D eigenvalue weighted by atomic mass is 16.7. The number of hydrogen-bond acceptors (Lipinski definition) is 4. The van der Waals surface area contributed by atoms with Crippen LogP contribution in [0.5, 0.6) is 0 Å². The largest absolute Gasteiger partial charge is 0.378 e.